The van der Waals surface area contributed by atoms with Crippen molar-refractivity contribution in [3.05, 3.63) is 24.3 Å². The second-order valence-corrected chi connectivity index (χ2v) is 16.9. The number of carbonyl (C=O) groups excluding carboxylic acids is 2. The number of allylic oxidation sites excluding steroid dienone is 4. The summed E-state index contributed by atoms with van der Waals surface area (Å²) >= 11 is 0. The zero-order chi connectivity index (χ0) is 41.2. The van der Waals surface area contributed by atoms with Crippen molar-refractivity contribution < 1.29 is 47.8 Å². The average molecular weight is 817 g/mol. The van der Waals surface area contributed by atoms with Gasteiger partial charge in [0.25, 0.3) is 0 Å². The first-order valence-electron chi connectivity index (χ1n) is 22.8. The van der Waals surface area contributed by atoms with Gasteiger partial charge in [-0.25, -0.2) is 4.57 Å². The zero-order valence-corrected chi connectivity index (χ0v) is 36.8. The number of aliphatic hydroxyl groups excluding tert-OH is 2. The van der Waals surface area contributed by atoms with E-state index in [1.807, 2.05) is 0 Å². The Hall–Kier alpha value is -1.55. The van der Waals surface area contributed by atoms with Crippen LogP contribution in [-0.2, 0) is 32.7 Å². The lowest BCUT2D eigenvalue weighted by molar-refractivity contribution is -0.161. The molecule has 0 heterocycles. The van der Waals surface area contributed by atoms with Gasteiger partial charge in [-0.3, -0.25) is 18.6 Å². The van der Waals surface area contributed by atoms with Gasteiger partial charge in [-0.2, -0.15) is 0 Å². The molecule has 0 aliphatic rings. The number of unbranched alkanes of at least 4 members (excludes halogenated alkanes) is 25. The van der Waals surface area contributed by atoms with Crippen LogP contribution in [0.5, 0.6) is 0 Å². The summed E-state index contributed by atoms with van der Waals surface area (Å²) in [4.78, 5) is 35.0. The number of hydrogen-bond donors (Lipinski definition) is 3. The molecule has 0 saturated carbocycles. The number of rotatable bonds is 43. The topological polar surface area (TPSA) is 149 Å². The quantitative estimate of drug-likeness (QED) is 0.0235. The normalized spacial score (nSPS) is 14.0. The molecule has 0 aromatic carbocycles. The van der Waals surface area contributed by atoms with Gasteiger partial charge < -0.3 is 24.6 Å². The second kappa shape index (κ2) is 41.6. The Morgan fingerprint density at radius 1 is 0.518 bits per heavy atom. The molecule has 56 heavy (non-hydrogen) atoms. The fourth-order valence-corrected chi connectivity index (χ4v) is 7.07. The minimum atomic E-state index is -4.62. The van der Waals surface area contributed by atoms with Crippen molar-refractivity contribution >= 4 is 19.8 Å². The Balaban J connectivity index is 4.27. The maximum atomic E-state index is 12.6. The third kappa shape index (κ3) is 40.6. The summed E-state index contributed by atoms with van der Waals surface area (Å²) in [5.74, 6) is -0.933. The summed E-state index contributed by atoms with van der Waals surface area (Å²) in [7, 11) is -4.62. The molecule has 0 saturated heterocycles. The monoisotopic (exact) mass is 817 g/mol. The van der Waals surface area contributed by atoms with E-state index in [1.165, 1.54) is 109 Å². The van der Waals surface area contributed by atoms with Crippen LogP contribution in [-0.4, -0.2) is 65.7 Å². The molecule has 0 rings (SSSR count). The molecule has 330 valence electrons. The standard InChI is InChI=1S/C45H85O10P/c1-3-5-7-9-11-13-15-17-19-21-23-24-26-28-30-32-34-36-44(48)52-40-43(41-54-56(50,51)53-39-42(47)38-46)55-45(49)37-35-33-31-29-27-25-22-20-18-16-14-12-10-8-6-4-2/h17,19-20,22,42-43,46-47H,3-16,18,21,23-41H2,1-2H3,(H,50,51)/b19-17-,22-20-/t42-,43+/m0/s1. The fraction of sp³-hybridized carbons (Fsp3) is 0.867. The number of carbonyl (C=O) groups is 2. The summed E-state index contributed by atoms with van der Waals surface area (Å²) in [5, 5.41) is 18.3. The summed E-state index contributed by atoms with van der Waals surface area (Å²) in [5.41, 5.74) is 0. The third-order valence-electron chi connectivity index (χ3n) is 9.83. The highest BCUT2D eigenvalue weighted by Gasteiger charge is 2.27. The van der Waals surface area contributed by atoms with Gasteiger partial charge in [0.15, 0.2) is 6.10 Å². The molecule has 3 atom stereocenters. The van der Waals surface area contributed by atoms with Crippen LogP contribution in [0.2, 0.25) is 0 Å². The van der Waals surface area contributed by atoms with Crippen LogP contribution < -0.4 is 0 Å². The lowest BCUT2D eigenvalue weighted by atomic mass is 10.1. The predicted octanol–water partition coefficient (Wildman–Crippen LogP) is 12.2. The van der Waals surface area contributed by atoms with Gasteiger partial charge in [0.1, 0.15) is 12.7 Å². The lowest BCUT2D eigenvalue weighted by Crippen LogP contribution is -2.29. The van der Waals surface area contributed by atoms with Crippen LogP contribution in [0.15, 0.2) is 24.3 Å². The van der Waals surface area contributed by atoms with Gasteiger partial charge in [-0.05, 0) is 64.2 Å². The van der Waals surface area contributed by atoms with Crippen LogP contribution in [0.4, 0.5) is 0 Å². The minimum absolute atomic E-state index is 0.175. The average Bonchev–Trinajstić information content (AvgIpc) is 3.19. The molecular weight excluding hydrogens is 731 g/mol. The van der Waals surface area contributed by atoms with E-state index < -0.39 is 51.8 Å². The number of aliphatic hydroxyl groups is 2. The molecule has 11 heteroatoms. The first-order valence-corrected chi connectivity index (χ1v) is 24.3. The Morgan fingerprint density at radius 2 is 0.875 bits per heavy atom. The van der Waals surface area contributed by atoms with E-state index in [-0.39, 0.29) is 19.4 Å². The molecule has 0 amide bonds. The van der Waals surface area contributed by atoms with Crippen molar-refractivity contribution in [1.29, 1.82) is 0 Å². The molecule has 0 fully saturated rings. The van der Waals surface area contributed by atoms with Gasteiger partial charge in [0.2, 0.25) is 0 Å². The molecule has 0 aliphatic carbocycles. The summed E-state index contributed by atoms with van der Waals surface area (Å²) in [6.45, 7) is 2.38. The minimum Gasteiger partial charge on any atom is -0.462 e. The molecule has 0 aromatic heterocycles. The van der Waals surface area contributed by atoms with E-state index in [9.17, 15) is 24.2 Å². The highest BCUT2D eigenvalue weighted by molar-refractivity contribution is 7.47. The summed E-state index contributed by atoms with van der Waals surface area (Å²) in [6, 6.07) is 0. The van der Waals surface area contributed by atoms with Crippen molar-refractivity contribution in [2.75, 3.05) is 26.4 Å². The molecule has 0 spiro atoms. The molecule has 3 N–H and O–H groups in total. The first-order chi connectivity index (χ1) is 27.2. The Labute approximate surface area is 342 Å². The van der Waals surface area contributed by atoms with Gasteiger partial charge in [0.05, 0.1) is 19.8 Å². The first kappa shape index (κ1) is 54.5. The number of hydrogen-bond acceptors (Lipinski definition) is 9. The van der Waals surface area contributed by atoms with E-state index in [2.05, 4.69) is 38.2 Å². The van der Waals surface area contributed by atoms with Crippen LogP contribution in [0, 0.1) is 0 Å². The second-order valence-electron chi connectivity index (χ2n) is 15.4. The summed E-state index contributed by atoms with van der Waals surface area (Å²) in [6.07, 6.45) is 41.4. The van der Waals surface area contributed by atoms with E-state index in [0.29, 0.717) is 12.8 Å². The highest BCUT2D eigenvalue weighted by atomic mass is 31.2. The van der Waals surface area contributed by atoms with Crippen molar-refractivity contribution in [3.8, 4) is 0 Å². The van der Waals surface area contributed by atoms with Crippen molar-refractivity contribution in [2.45, 2.75) is 225 Å². The number of phosphoric ester groups is 1. The van der Waals surface area contributed by atoms with Gasteiger partial charge in [-0.1, -0.05) is 160 Å². The van der Waals surface area contributed by atoms with Crippen molar-refractivity contribution in [3.63, 3.8) is 0 Å². The smallest absolute Gasteiger partial charge is 0.462 e. The maximum absolute atomic E-state index is 12.6. The molecular formula is C45H85O10P. The zero-order valence-electron chi connectivity index (χ0n) is 35.9. The number of esters is 2. The predicted molar refractivity (Wildman–Crippen MR) is 228 cm³/mol. The van der Waals surface area contributed by atoms with Crippen LogP contribution in [0.1, 0.15) is 213 Å². The van der Waals surface area contributed by atoms with Gasteiger partial charge in [0, 0.05) is 12.8 Å². The SMILES string of the molecule is CCCCCCCC/C=C\CCCCCCCCCC(=O)OC[C@H](COP(=O)(O)OC[C@@H](O)CO)OC(=O)CCCCCCC/C=C\CCCCCCCCC. The van der Waals surface area contributed by atoms with E-state index in [1.54, 1.807) is 0 Å². The Morgan fingerprint density at radius 3 is 1.29 bits per heavy atom. The van der Waals surface area contributed by atoms with Gasteiger partial charge >= 0.3 is 19.8 Å². The highest BCUT2D eigenvalue weighted by Crippen LogP contribution is 2.43. The molecule has 0 aromatic rings. The number of phosphoric acid groups is 1. The summed E-state index contributed by atoms with van der Waals surface area (Å²) < 4.78 is 32.7. The largest absolute Gasteiger partial charge is 0.472 e. The molecule has 0 aliphatic heterocycles. The van der Waals surface area contributed by atoms with E-state index in [0.717, 1.165) is 64.2 Å². The Bertz CT molecular complexity index is 988. The third-order valence-corrected chi connectivity index (χ3v) is 10.8. The van der Waals surface area contributed by atoms with Crippen LogP contribution >= 0.6 is 7.82 Å². The van der Waals surface area contributed by atoms with E-state index >= 15 is 0 Å². The number of ether oxygens (including phenoxy) is 2. The van der Waals surface area contributed by atoms with Crippen LogP contribution in [0.25, 0.3) is 0 Å². The molecule has 1 unspecified atom stereocenters. The van der Waals surface area contributed by atoms with Crippen molar-refractivity contribution in [1.82, 2.24) is 0 Å². The Kier molecular flexibility index (Phi) is 40.5. The maximum Gasteiger partial charge on any atom is 0.472 e. The fourth-order valence-electron chi connectivity index (χ4n) is 6.28. The van der Waals surface area contributed by atoms with Crippen molar-refractivity contribution in [2.24, 2.45) is 0 Å². The van der Waals surface area contributed by atoms with E-state index in [4.69, 9.17) is 23.6 Å². The molecule has 0 bridgehead atoms. The lowest BCUT2D eigenvalue weighted by Gasteiger charge is -2.20. The molecule has 10 nitrogen and oxygen atoms in total. The van der Waals surface area contributed by atoms with Gasteiger partial charge in [-0.15, -0.1) is 0 Å². The van der Waals surface area contributed by atoms with Crippen LogP contribution in [0.3, 0.4) is 0 Å². The molecule has 0 radical (unpaired) electrons.